The molecule has 0 saturated carbocycles. The van der Waals surface area contributed by atoms with E-state index >= 15 is 0 Å². The number of nitrogens with zero attached hydrogens (tertiary/aromatic N) is 1. The van der Waals surface area contributed by atoms with Crippen molar-refractivity contribution in [2.24, 2.45) is 0 Å². The molecule has 1 nitrogen and oxygen atoms in total. The van der Waals surface area contributed by atoms with Crippen LogP contribution in [0.15, 0.2) is 30.3 Å². The summed E-state index contributed by atoms with van der Waals surface area (Å²) in [7, 11) is 0. The lowest BCUT2D eigenvalue weighted by molar-refractivity contribution is 0.306. The van der Waals surface area contributed by atoms with Crippen LogP contribution in [0.3, 0.4) is 0 Å². The summed E-state index contributed by atoms with van der Waals surface area (Å²) < 4.78 is 0. The maximum Gasteiger partial charge on any atom is 0.343 e. The van der Waals surface area contributed by atoms with Crippen molar-refractivity contribution in [3.8, 4) is 0 Å². The summed E-state index contributed by atoms with van der Waals surface area (Å²) in [6.07, 6.45) is 4.44. The molecule has 0 fully saturated rings. The van der Waals surface area contributed by atoms with E-state index in [-0.39, 0.29) is 6.26 Å². The Hall–Kier alpha value is -0.725. The minimum absolute atomic E-state index is 0.0184. The van der Waals surface area contributed by atoms with Gasteiger partial charge < -0.3 is 4.81 Å². The lowest BCUT2D eigenvalue weighted by Crippen LogP contribution is -2.48. The third kappa shape index (κ3) is 2.50. The average molecular weight is 262 g/mol. The first-order valence-electron chi connectivity index (χ1n) is 6.71. The number of rotatable bonds is 4. The van der Waals surface area contributed by atoms with Crippen molar-refractivity contribution in [3.05, 3.63) is 41.5 Å². The van der Waals surface area contributed by atoms with E-state index in [0.717, 1.165) is 0 Å². The average Bonchev–Trinajstić information content (AvgIpc) is 2.71. The summed E-state index contributed by atoms with van der Waals surface area (Å²) in [6, 6.07) is 9.43. The van der Waals surface area contributed by atoms with Crippen molar-refractivity contribution in [1.82, 2.24) is 4.81 Å². The smallest absolute Gasteiger partial charge is 0.323 e. The summed E-state index contributed by atoms with van der Waals surface area (Å²) >= 11 is 6.75. The molecule has 0 N–H and O–H groups in total. The number of benzene rings is 1. The minimum atomic E-state index is 0.0184. The second-order valence-corrected chi connectivity index (χ2v) is 5.97. The summed E-state index contributed by atoms with van der Waals surface area (Å²) in [5, 5.41) is 0. The van der Waals surface area contributed by atoms with Gasteiger partial charge in [-0.3, -0.25) is 0 Å². The number of fused-ring (bicyclic) bond motifs is 1. The molecule has 1 aromatic rings. The number of allylic oxidation sites excluding steroid dienone is 1. The molecule has 1 aliphatic carbocycles. The Morgan fingerprint density at radius 1 is 1.11 bits per heavy atom. The Morgan fingerprint density at radius 3 is 2.33 bits per heavy atom. The van der Waals surface area contributed by atoms with Gasteiger partial charge in [0.05, 0.1) is 0 Å². The molecule has 0 radical (unpaired) electrons. The molecular weight excluding hydrogens is 240 g/mol. The van der Waals surface area contributed by atoms with Crippen molar-refractivity contribution in [2.75, 3.05) is 0 Å². The Kier molecular flexibility index (Phi) is 4.19. The standard InChI is InChI=1S/C15H21BClN/c1-11(2)18(12(3)4)16(17)15-10-9-13-7-5-6-8-14(13)15/h5-12,15H,1-4H3. The minimum Gasteiger partial charge on any atom is -0.323 e. The van der Waals surface area contributed by atoms with Crippen LogP contribution in [-0.4, -0.2) is 23.2 Å². The van der Waals surface area contributed by atoms with E-state index in [1.165, 1.54) is 11.1 Å². The van der Waals surface area contributed by atoms with E-state index in [2.05, 4.69) is 68.9 Å². The first-order chi connectivity index (χ1) is 8.52. The van der Waals surface area contributed by atoms with Crippen LogP contribution in [-0.2, 0) is 0 Å². The maximum absolute atomic E-state index is 6.75. The van der Waals surface area contributed by atoms with Crippen molar-refractivity contribution < 1.29 is 0 Å². The number of halogens is 1. The lowest BCUT2D eigenvalue weighted by Gasteiger charge is -2.35. The van der Waals surface area contributed by atoms with Crippen molar-refractivity contribution in [3.63, 3.8) is 0 Å². The highest BCUT2D eigenvalue weighted by atomic mass is 35.5. The van der Waals surface area contributed by atoms with Gasteiger partial charge in [0.1, 0.15) is 0 Å². The van der Waals surface area contributed by atoms with Crippen LogP contribution in [0.25, 0.3) is 6.08 Å². The normalized spacial score (nSPS) is 17.9. The van der Waals surface area contributed by atoms with Gasteiger partial charge in [-0.15, -0.1) is 0 Å². The molecule has 0 spiro atoms. The fourth-order valence-electron chi connectivity index (χ4n) is 2.87. The largest absolute Gasteiger partial charge is 0.343 e. The van der Waals surface area contributed by atoms with E-state index in [4.69, 9.17) is 11.5 Å². The zero-order valence-electron chi connectivity index (χ0n) is 11.6. The predicted molar refractivity (Wildman–Crippen MR) is 81.9 cm³/mol. The molecule has 0 aromatic heterocycles. The zero-order valence-corrected chi connectivity index (χ0v) is 12.4. The first-order valence-corrected chi connectivity index (χ1v) is 7.14. The van der Waals surface area contributed by atoms with Gasteiger partial charge in [-0.25, -0.2) is 0 Å². The monoisotopic (exact) mass is 261 g/mol. The van der Waals surface area contributed by atoms with Gasteiger partial charge in [0.25, 0.3) is 0 Å². The van der Waals surface area contributed by atoms with E-state index in [9.17, 15) is 0 Å². The fraction of sp³-hybridized carbons (Fsp3) is 0.467. The SMILES string of the molecule is CC(C)N(B(Cl)C1C=Cc2ccccc21)C(C)C. The van der Waals surface area contributed by atoms with E-state index in [1.54, 1.807) is 0 Å². The molecule has 2 rings (SSSR count). The number of hydrogen-bond acceptors (Lipinski definition) is 1. The van der Waals surface area contributed by atoms with E-state index in [0.29, 0.717) is 17.9 Å². The van der Waals surface area contributed by atoms with Crippen molar-refractivity contribution >= 4 is 23.8 Å². The molecule has 1 atom stereocenters. The van der Waals surface area contributed by atoms with Crippen molar-refractivity contribution in [2.45, 2.75) is 45.6 Å². The molecule has 0 heterocycles. The maximum atomic E-state index is 6.75. The van der Waals surface area contributed by atoms with Gasteiger partial charge in [0.2, 0.25) is 0 Å². The fourth-order valence-corrected chi connectivity index (χ4v) is 3.54. The molecule has 1 aliphatic rings. The van der Waals surface area contributed by atoms with Crippen LogP contribution in [0.5, 0.6) is 0 Å². The molecule has 1 unspecified atom stereocenters. The highest BCUT2D eigenvalue weighted by Gasteiger charge is 2.35. The highest BCUT2D eigenvalue weighted by Crippen LogP contribution is 2.35. The molecule has 0 amide bonds. The summed E-state index contributed by atoms with van der Waals surface area (Å²) in [6.45, 7) is 8.83. The van der Waals surface area contributed by atoms with Gasteiger partial charge in [-0.05, 0) is 23.2 Å². The van der Waals surface area contributed by atoms with Crippen LogP contribution < -0.4 is 0 Å². The van der Waals surface area contributed by atoms with Gasteiger partial charge in [0, 0.05) is 5.82 Å². The third-order valence-electron chi connectivity index (χ3n) is 3.61. The molecule has 0 saturated heterocycles. The number of hydrogen-bond donors (Lipinski definition) is 0. The third-order valence-corrected chi connectivity index (χ3v) is 4.11. The van der Waals surface area contributed by atoms with Gasteiger partial charge in [-0.1, -0.05) is 64.1 Å². The quantitative estimate of drug-likeness (QED) is 0.735. The Bertz CT molecular complexity index is 434. The summed E-state index contributed by atoms with van der Waals surface area (Å²) in [5.74, 6) is 0.299. The molecule has 3 heteroatoms. The second-order valence-electron chi connectivity index (χ2n) is 5.52. The Labute approximate surface area is 116 Å². The van der Waals surface area contributed by atoms with Crippen LogP contribution in [0, 0.1) is 0 Å². The van der Waals surface area contributed by atoms with E-state index in [1.807, 2.05) is 0 Å². The molecular formula is C15H21BClN. The van der Waals surface area contributed by atoms with Crippen LogP contribution in [0.4, 0.5) is 0 Å². The molecule has 0 bridgehead atoms. The van der Waals surface area contributed by atoms with Crippen LogP contribution in [0.1, 0.15) is 44.6 Å². The van der Waals surface area contributed by atoms with Gasteiger partial charge >= 0.3 is 6.26 Å². The Morgan fingerprint density at radius 2 is 1.72 bits per heavy atom. The summed E-state index contributed by atoms with van der Waals surface area (Å²) in [4.78, 5) is 2.37. The van der Waals surface area contributed by atoms with Crippen molar-refractivity contribution in [1.29, 1.82) is 0 Å². The van der Waals surface area contributed by atoms with Gasteiger partial charge in [-0.2, -0.15) is 11.5 Å². The Balaban J connectivity index is 2.25. The molecule has 18 heavy (non-hydrogen) atoms. The van der Waals surface area contributed by atoms with Crippen LogP contribution >= 0.6 is 11.5 Å². The molecule has 1 aromatic carbocycles. The summed E-state index contributed by atoms with van der Waals surface area (Å²) in [5.41, 5.74) is 2.66. The van der Waals surface area contributed by atoms with E-state index < -0.39 is 0 Å². The first kappa shape index (κ1) is 13.7. The molecule has 0 aliphatic heterocycles. The molecule has 96 valence electrons. The zero-order chi connectivity index (χ0) is 13.3. The second kappa shape index (κ2) is 5.50. The topological polar surface area (TPSA) is 3.24 Å². The van der Waals surface area contributed by atoms with Gasteiger partial charge in [0.15, 0.2) is 0 Å². The predicted octanol–water partition coefficient (Wildman–Crippen LogP) is 4.18. The van der Waals surface area contributed by atoms with Crippen LogP contribution in [0.2, 0.25) is 0 Å². The highest BCUT2D eigenvalue weighted by molar-refractivity contribution is 7.06. The lowest BCUT2D eigenvalue weighted by atomic mass is 9.67.